The van der Waals surface area contributed by atoms with E-state index in [2.05, 4.69) is 12.2 Å². The van der Waals surface area contributed by atoms with Crippen LogP contribution in [0.25, 0.3) is 0 Å². The Kier molecular flexibility index (Phi) is 11.4. The van der Waals surface area contributed by atoms with Gasteiger partial charge in [-0.1, -0.05) is 61.7 Å². The number of amides is 2. The van der Waals surface area contributed by atoms with Gasteiger partial charge in [-0.25, -0.2) is 4.39 Å². The second kappa shape index (κ2) is 13.7. The van der Waals surface area contributed by atoms with Crippen molar-refractivity contribution in [3.8, 4) is 0 Å². The Hall–Kier alpha value is -1.76. The molecule has 1 unspecified atom stereocenters. The molecule has 2 aromatic rings. The standard InChI is InChI=1S/C24H29Cl2FN2O2S/c1-3-5-13-28-24(31)22(4-2)29(14-19-20(25)7-6-8-21(19)26)23(30)16-32-15-17-9-11-18(27)12-10-17/h6-12,22H,3-5,13-16H2,1-2H3,(H,28,31). The Morgan fingerprint density at radius 2 is 1.75 bits per heavy atom. The van der Waals surface area contributed by atoms with Gasteiger partial charge in [-0.3, -0.25) is 9.59 Å². The summed E-state index contributed by atoms with van der Waals surface area (Å²) in [4.78, 5) is 27.7. The van der Waals surface area contributed by atoms with Gasteiger partial charge in [-0.15, -0.1) is 11.8 Å². The minimum Gasteiger partial charge on any atom is -0.354 e. The molecule has 1 atom stereocenters. The van der Waals surface area contributed by atoms with Gasteiger partial charge in [0.15, 0.2) is 0 Å². The first-order valence-corrected chi connectivity index (χ1v) is 12.6. The van der Waals surface area contributed by atoms with Gasteiger partial charge in [0.1, 0.15) is 11.9 Å². The third-order valence-electron chi connectivity index (χ3n) is 5.01. The number of carbonyl (C=O) groups excluding carboxylic acids is 2. The molecule has 0 radical (unpaired) electrons. The zero-order valence-corrected chi connectivity index (χ0v) is 20.7. The van der Waals surface area contributed by atoms with E-state index in [1.165, 1.54) is 23.9 Å². The van der Waals surface area contributed by atoms with Gasteiger partial charge in [-0.2, -0.15) is 0 Å². The summed E-state index contributed by atoms with van der Waals surface area (Å²) in [6.45, 7) is 4.65. The summed E-state index contributed by atoms with van der Waals surface area (Å²) in [5.41, 5.74) is 1.54. The molecule has 1 N–H and O–H groups in total. The first-order valence-electron chi connectivity index (χ1n) is 10.7. The van der Waals surface area contributed by atoms with Crippen LogP contribution in [0.5, 0.6) is 0 Å². The Morgan fingerprint density at radius 1 is 1.09 bits per heavy atom. The number of unbranched alkanes of at least 4 members (excludes halogenated alkanes) is 1. The van der Waals surface area contributed by atoms with Crippen molar-refractivity contribution in [2.75, 3.05) is 12.3 Å². The summed E-state index contributed by atoms with van der Waals surface area (Å²) in [6, 6.07) is 10.8. The van der Waals surface area contributed by atoms with E-state index in [4.69, 9.17) is 23.2 Å². The number of halogens is 3. The molecular weight excluding hydrogens is 470 g/mol. The third-order valence-corrected chi connectivity index (χ3v) is 6.71. The maximum atomic E-state index is 13.2. The Bertz CT molecular complexity index is 876. The molecular formula is C24H29Cl2FN2O2S. The van der Waals surface area contributed by atoms with Gasteiger partial charge in [0.25, 0.3) is 0 Å². The fourth-order valence-corrected chi connectivity index (χ4v) is 4.59. The van der Waals surface area contributed by atoms with E-state index in [1.807, 2.05) is 6.92 Å². The maximum Gasteiger partial charge on any atom is 0.242 e. The van der Waals surface area contributed by atoms with Gasteiger partial charge in [0, 0.05) is 34.5 Å². The van der Waals surface area contributed by atoms with E-state index in [0.29, 0.717) is 34.3 Å². The number of thioether (sulfide) groups is 1. The van der Waals surface area contributed by atoms with E-state index in [9.17, 15) is 14.0 Å². The molecule has 0 saturated carbocycles. The van der Waals surface area contributed by atoms with Crippen molar-refractivity contribution >= 4 is 46.8 Å². The molecule has 0 bridgehead atoms. The highest BCUT2D eigenvalue weighted by Gasteiger charge is 2.29. The van der Waals surface area contributed by atoms with Gasteiger partial charge < -0.3 is 10.2 Å². The topological polar surface area (TPSA) is 49.4 Å². The van der Waals surface area contributed by atoms with Gasteiger partial charge in [0.2, 0.25) is 11.8 Å². The summed E-state index contributed by atoms with van der Waals surface area (Å²) in [6.07, 6.45) is 2.31. The smallest absolute Gasteiger partial charge is 0.242 e. The number of hydrogen-bond acceptors (Lipinski definition) is 3. The lowest BCUT2D eigenvalue weighted by molar-refractivity contribution is -0.139. The molecule has 32 heavy (non-hydrogen) atoms. The predicted octanol–water partition coefficient (Wildman–Crippen LogP) is 6.09. The molecule has 0 fully saturated rings. The monoisotopic (exact) mass is 498 g/mol. The van der Waals surface area contributed by atoms with E-state index >= 15 is 0 Å². The molecule has 2 rings (SSSR count). The fourth-order valence-electron chi connectivity index (χ4n) is 3.20. The first kappa shape index (κ1) is 26.5. The summed E-state index contributed by atoms with van der Waals surface area (Å²) in [5.74, 6) is 0.0915. The fraction of sp³-hybridized carbons (Fsp3) is 0.417. The van der Waals surface area contributed by atoms with Gasteiger partial charge in [0.05, 0.1) is 5.75 Å². The molecule has 8 heteroatoms. The summed E-state index contributed by atoms with van der Waals surface area (Å²) in [7, 11) is 0. The molecule has 174 valence electrons. The van der Waals surface area contributed by atoms with Crippen LogP contribution in [-0.4, -0.2) is 35.1 Å². The zero-order valence-electron chi connectivity index (χ0n) is 18.4. The normalized spacial score (nSPS) is 11.8. The second-order valence-electron chi connectivity index (χ2n) is 7.41. The van der Waals surface area contributed by atoms with Crippen LogP contribution in [0.2, 0.25) is 10.0 Å². The number of carbonyl (C=O) groups is 2. The zero-order chi connectivity index (χ0) is 23.5. The molecule has 4 nitrogen and oxygen atoms in total. The van der Waals surface area contributed by atoms with Crippen LogP contribution in [0.15, 0.2) is 42.5 Å². The second-order valence-corrected chi connectivity index (χ2v) is 9.21. The van der Waals surface area contributed by atoms with Gasteiger partial charge >= 0.3 is 0 Å². The highest BCUT2D eigenvalue weighted by molar-refractivity contribution is 7.99. The van der Waals surface area contributed by atoms with Crippen molar-refractivity contribution in [3.05, 3.63) is 69.5 Å². The van der Waals surface area contributed by atoms with E-state index in [-0.39, 0.29) is 29.9 Å². The van der Waals surface area contributed by atoms with Crippen molar-refractivity contribution < 1.29 is 14.0 Å². The van der Waals surface area contributed by atoms with Crippen LogP contribution in [-0.2, 0) is 21.9 Å². The predicted molar refractivity (Wildman–Crippen MR) is 132 cm³/mol. The number of hydrogen-bond donors (Lipinski definition) is 1. The Labute approximate surface area is 203 Å². The average Bonchev–Trinajstić information content (AvgIpc) is 2.77. The maximum absolute atomic E-state index is 13.2. The Balaban J connectivity index is 2.16. The number of rotatable bonds is 12. The van der Waals surface area contributed by atoms with E-state index in [0.717, 1.165) is 18.4 Å². The molecule has 0 spiro atoms. The van der Waals surface area contributed by atoms with Crippen LogP contribution >= 0.6 is 35.0 Å². The van der Waals surface area contributed by atoms with Crippen molar-refractivity contribution in [3.63, 3.8) is 0 Å². The lowest BCUT2D eigenvalue weighted by atomic mass is 10.1. The molecule has 0 heterocycles. The molecule has 2 amide bonds. The quantitative estimate of drug-likeness (QED) is 0.360. The Morgan fingerprint density at radius 3 is 2.34 bits per heavy atom. The largest absolute Gasteiger partial charge is 0.354 e. The third kappa shape index (κ3) is 7.98. The SMILES string of the molecule is CCCCNC(=O)C(CC)N(Cc1c(Cl)cccc1Cl)C(=O)CSCc1ccc(F)cc1. The molecule has 0 aliphatic carbocycles. The van der Waals surface area contributed by atoms with E-state index < -0.39 is 6.04 Å². The van der Waals surface area contributed by atoms with Gasteiger partial charge in [-0.05, 0) is 42.7 Å². The molecule has 0 aliphatic heterocycles. The van der Waals surface area contributed by atoms with Crippen molar-refractivity contribution in [1.29, 1.82) is 0 Å². The highest BCUT2D eigenvalue weighted by Crippen LogP contribution is 2.27. The van der Waals surface area contributed by atoms with Crippen LogP contribution < -0.4 is 5.32 Å². The molecule has 0 aromatic heterocycles. The lowest BCUT2D eigenvalue weighted by Gasteiger charge is -2.31. The minimum absolute atomic E-state index is 0.147. The average molecular weight is 499 g/mol. The van der Waals surface area contributed by atoms with Crippen LogP contribution in [0.1, 0.15) is 44.2 Å². The van der Waals surface area contributed by atoms with Crippen molar-refractivity contribution in [2.24, 2.45) is 0 Å². The molecule has 0 saturated heterocycles. The minimum atomic E-state index is -0.627. The number of nitrogens with one attached hydrogen (secondary N) is 1. The molecule has 2 aromatic carbocycles. The summed E-state index contributed by atoms with van der Waals surface area (Å²) >= 11 is 14.1. The van der Waals surface area contributed by atoms with Crippen molar-refractivity contribution in [2.45, 2.75) is 51.4 Å². The highest BCUT2D eigenvalue weighted by atomic mass is 35.5. The lowest BCUT2D eigenvalue weighted by Crippen LogP contribution is -2.49. The first-order chi connectivity index (χ1) is 15.4. The summed E-state index contributed by atoms with van der Waals surface area (Å²) < 4.78 is 13.1. The van der Waals surface area contributed by atoms with Crippen LogP contribution in [0, 0.1) is 5.82 Å². The molecule has 0 aliphatic rings. The number of nitrogens with zero attached hydrogens (tertiary/aromatic N) is 1. The number of benzene rings is 2. The van der Waals surface area contributed by atoms with Crippen molar-refractivity contribution in [1.82, 2.24) is 10.2 Å². The van der Waals surface area contributed by atoms with E-state index in [1.54, 1.807) is 35.2 Å². The summed E-state index contributed by atoms with van der Waals surface area (Å²) in [5, 5.41) is 3.84. The van der Waals surface area contributed by atoms with Crippen LogP contribution in [0.3, 0.4) is 0 Å². The van der Waals surface area contributed by atoms with Crippen LogP contribution in [0.4, 0.5) is 4.39 Å².